The molecule has 1 aliphatic heterocycles. The molecular formula is C32H32Cl2N6O5. The highest BCUT2D eigenvalue weighted by Crippen LogP contribution is 2.44. The van der Waals surface area contributed by atoms with Crippen molar-refractivity contribution in [3.8, 4) is 28.3 Å². The molecule has 0 saturated carbocycles. The lowest BCUT2D eigenvalue weighted by atomic mass is 9.99. The fourth-order valence-electron chi connectivity index (χ4n) is 6.01. The number of nitrogens with one attached hydrogen (secondary N) is 2. The Morgan fingerprint density at radius 3 is 2.42 bits per heavy atom. The number of hydrogen-bond donors (Lipinski definition) is 2. The Balaban J connectivity index is 1.32. The van der Waals surface area contributed by atoms with E-state index in [1.807, 2.05) is 18.2 Å². The van der Waals surface area contributed by atoms with Crippen LogP contribution < -0.4 is 26.6 Å². The van der Waals surface area contributed by atoms with Gasteiger partial charge in [-0.25, -0.2) is 14.5 Å². The van der Waals surface area contributed by atoms with Gasteiger partial charge in [0.05, 0.1) is 28.5 Å². The molecule has 3 heterocycles. The molecule has 0 bridgehead atoms. The molecule has 0 radical (unpaired) electrons. The summed E-state index contributed by atoms with van der Waals surface area (Å²) >= 11 is 13.9. The van der Waals surface area contributed by atoms with Crippen LogP contribution in [0.1, 0.15) is 46.9 Å². The van der Waals surface area contributed by atoms with Crippen LogP contribution in [0.4, 0.5) is 5.69 Å². The van der Waals surface area contributed by atoms with E-state index < -0.39 is 22.9 Å². The Bertz CT molecular complexity index is 1920. The Morgan fingerprint density at radius 1 is 1.00 bits per heavy atom. The minimum absolute atomic E-state index is 0.161. The monoisotopic (exact) mass is 650 g/mol. The van der Waals surface area contributed by atoms with Gasteiger partial charge < -0.3 is 20.1 Å². The number of carbonyl (C=O) groups is 1. The third-order valence-electron chi connectivity index (χ3n) is 8.36. The molecular weight excluding hydrogens is 619 g/mol. The zero-order valence-corrected chi connectivity index (χ0v) is 26.5. The normalized spacial score (nSPS) is 16.4. The lowest BCUT2D eigenvalue weighted by Crippen LogP contribution is -2.43. The van der Waals surface area contributed by atoms with E-state index >= 15 is 0 Å². The van der Waals surface area contributed by atoms with Gasteiger partial charge in [0.2, 0.25) is 11.6 Å². The Kier molecular flexibility index (Phi) is 8.78. The molecule has 2 aliphatic rings. The second kappa shape index (κ2) is 12.8. The predicted molar refractivity (Wildman–Crippen MR) is 172 cm³/mol. The van der Waals surface area contributed by atoms with Crippen LogP contribution in [0.15, 0.2) is 52.1 Å². The maximum Gasteiger partial charge on any atom is 0.346 e. The van der Waals surface area contributed by atoms with Crippen LogP contribution in [0.25, 0.3) is 22.4 Å². The number of halogens is 2. The van der Waals surface area contributed by atoms with Crippen LogP contribution in [0, 0.1) is 0 Å². The van der Waals surface area contributed by atoms with Crippen molar-refractivity contribution in [3.63, 3.8) is 0 Å². The molecule has 4 aromatic rings. The van der Waals surface area contributed by atoms with E-state index in [9.17, 15) is 14.4 Å². The molecule has 1 unspecified atom stereocenters. The molecule has 0 spiro atoms. The average molecular weight is 652 g/mol. The number of nitrogens with zero attached hydrogens (tertiary/aromatic N) is 4. The summed E-state index contributed by atoms with van der Waals surface area (Å²) in [4.78, 5) is 42.5. The number of anilines is 1. The number of aryl methyl sites for hydroxylation is 2. The summed E-state index contributed by atoms with van der Waals surface area (Å²) in [6.45, 7) is 1.54. The van der Waals surface area contributed by atoms with Crippen LogP contribution in [-0.2, 0) is 25.3 Å². The first-order valence-electron chi connectivity index (χ1n) is 14.6. The minimum Gasteiger partial charge on any atom is -0.481 e. The van der Waals surface area contributed by atoms with Crippen LogP contribution >= 0.6 is 23.2 Å². The van der Waals surface area contributed by atoms with Crippen molar-refractivity contribution in [1.82, 2.24) is 24.6 Å². The average Bonchev–Trinajstić information content (AvgIpc) is 3.45. The SMILES string of the molecule is COc1nc(-c2cccc(-c3cccc(NC(=O)c4nn(C)c(=O)n(C)c4=O)c3Cl)c2Cl)cc2c1C(NC1CCOCC1)CC2. The topological polar surface area (TPSA) is 129 Å². The molecule has 1 aliphatic carbocycles. The van der Waals surface area contributed by atoms with E-state index in [1.54, 1.807) is 25.3 Å². The van der Waals surface area contributed by atoms with Gasteiger partial charge >= 0.3 is 5.69 Å². The summed E-state index contributed by atoms with van der Waals surface area (Å²) in [6.07, 6.45) is 3.81. The van der Waals surface area contributed by atoms with E-state index in [0.717, 1.165) is 53.7 Å². The molecule has 45 heavy (non-hydrogen) atoms. The number of methoxy groups -OCH3 is 1. The molecule has 1 amide bonds. The summed E-state index contributed by atoms with van der Waals surface area (Å²) in [5.74, 6) is -0.226. The molecule has 2 aromatic heterocycles. The Labute approximate surface area is 269 Å². The highest BCUT2D eigenvalue weighted by Gasteiger charge is 2.31. The smallest absolute Gasteiger partial charge is 0.346 e. The van der Waals surface area contributed by atoms with Crippen molar-refractivity contribution in [2.75, 3.05) is 25.6 Å². The quantitative estimate of drug-likeness (QED) is 0.298. The zero-order valence-electron chi connectivity index (χ0n) is 25.0. The number of hydrogen-bond acceptors (Lipinski definition) is 8. The summed E-state index contributed by atoms with van der Waals surface area (Å²) in [6, 6.07) is 13.3. The number of rotatable bonds is 7. The maximum absolute atomic E-state index is 13.0. The molecule has 2 aromatic carbocycles. The van der Waals surface area contributed by atoms with Gasteiger partial charge in [0.15, 0.2) is 0 Å². The number of fused-ring (bicyclic) bond motifs is 1. The summed E-state index contributed by atoms with van der Waals surface area (Å²) in [7, 11) is 4.27. The van der Waals surface area contributed by atoms with Crippen molar-refractivity contribution >= 4 is 34.8 Å². The van der Waals surface area contributed by atoms with Gasteiger partial charge in [0.25, 0.3) is 11.5 Å². The molecule has 234 valence electrons. The van der Waals surface area contributed by atoms with Gasteiger partial charge in [-0.05, 0) is 43.4 Å². The van der Waals surface area contributed by atoms with Gasteiger partial charge in [0.1, 0.15) is 0 Å². The fourth-order valence-corrected chi connectivity index (χ4v) is 6.61. The number of pyridine rings is 1. The number of amides is 1. The van der Waals surface area contributed by atoms with Crippen molar-refractivity contribution in [2.24, 2.45) is 14.1 Å². The fraction of sp³-hybridized carbons (Fsp3) is 0.344. The van der Waals surface area contributed by atoms with Crippen molar-refractivity contribution in [1.29, 1.82) is 0 Å². The number of benzene rings is 2. The molecule has 1 fully saturated rings. The lowest BCUT2D eigenvalue weighted by molar-refractivity contribution is 0.0747. The molecule has 2 N–H and O–H groups in total. The van der Waals surface area contributed by atoms with Crippen molar-refractivity contribution in [2.45, 2.75) is 37.8 Å². The minimum atomic E-state index is -0.818. The van der Waals surface area contributed by atoms with E-state index in [-0.39, 0.29) is 16.8 Å². The highest BCUT2D eigenvalue weighted by atomic mass is 35.5. The first-order chi connectivity index (χ1) is 21.7. The van der Waals surface area contributed by atoms with Crippen molar-refractivity contribution < 1.29 is 14.3 Å². The lowest BCUT2D eigenvalue weighted by Gasteiger charge is -2.27. The summed E-state index contributed by atoms with van der Waals surface area (Å²) in [5.41, 5.74) is 3.19. The zero-order chi connectivity index (χ0) is 31.8. The van der Waals surface area contributed by atoms with E-state index in [1.165, 1.54) is 19.7 Å². The summed E-state index contributed by atoms with van der Waals surface area (Å²) in [5, 5.41) is 10.9. The predicted octanol–water partition coefficient (Wildman–Crippen LogP) is 4.53. The molecule has 1 saturated heterocycles. The van der Waals surface area contributed by atoms with Gasteiger partial charge in [-0.1, -0.05) is 53.5 Å². The molecule has 11 nitrogen and oxygen atoms in total. The van der Waals surface area contributed by atoms with Gasteiger partial charge in [-0.2, -0.15) is 5.10 Å². The highest BCUT2D eigenvalue weighted by molar-refractivity contribution is 6.39. The number of ether oxygens (including phenoxy) is 2. The standard InChI is InChI=1S/C32H32Cl2N6O5/c1-39-31(42)28(38-40(2)32(39)43)29(41)36-23-9-5-7-20(27(23)34)19-6-4-8-21(26(19)33)24-16-17-10-11-22(25(17)30(37-24)44-3)35-18-12-14-45-15-13-18/h4-9,16,18,22,35H,10-15H2,1-3H3,(H,36,41). The van der Waals surface area contributed by atoms with Crippen LogP contribution in [0.2, 0.25) is 10.0 Å². The third kappa shape index (κ3) is 5.88. The Morgan fingerprint density at radius 2 is 1.69 bits per heavy atom. The van der Waals surface area contributed by atoms with Crippen LogP contribution in [0.3, 0.4) is 0 Å². The first-order valence-corrected chi connectivity index (χ1v) is 15.4. The van der Waals surface area contributed by atoms with Crippen molar-refractivity contribution in [3.05, 3.63) is 90.2 Å². The van der Waals surface area contributed by atoms with Crippen LogP contribution in [0.5, 0.6) is 5.88 Å². The Hall–Kier alpha value is -4.03. The van der Waals surface area contributed by atoms with Gasteiger partial charge in [-0.3, -0.25) is 14.2 Å². The van der Waals surface area contributed by atoms with Gasteiger partial charge in [0, 0.05) is 61.6 Å². The van der Waals surface area contributed by atoms with E-state index in [0.29, 0.717) is 39.3 Å². The third-order valence-corrected chi connectivity index (χ3v) is 9.17. The van der Waals surface area contributed by atoms with Gasteiger partial charge in [-0.15, -0.1) is 0 Å². The van der Waals surface area contributed by atoms with Crippen LogP contribution in [-0.4, -0.2) is 51.6 Å². The molecule has 6 rings (SSSR count). The number of aromatic nitrogens is 4. The maximum atomic E-state index is 13.0. The second-order valence-electron chi connectivity index (χ2n) is 11.1. The second-order valence-corrected chi connectivity index (χ2v) is 11.9. The van der Waals surface area contributed by atoms with E-state index in [2.05, 4.69) is 21.8 Å². The molecule has 13 heteroatoms. The largest absolute Gasteiger partial charge is 0.481 e. The van der Waals surface area contributed by atoms with E-state index in [4.69, 9.17) is 37.7 Å². The number of carbonyl (C=O) groups excluding carboxylic acids is 1. The molecule has 1 atom stereocenters. The summed E-state index contributed by atoms with van der Waals surface area (Å²) < 4.78 is 13.1. The first kappa shape index (κ1) is 31.0.